The Balaban J connectivity index is 1.85. The Morgan fingerprint density at radius 2 is 1.55 bits per heavy atom. The third kappa shape index (κ3) is 5.46. The molecule has 1 N–H and O–H groups in total. The monoisotopic (exact) mass is 397 g/mol. The van der Waals surface area contributed by atoms with Crippen LogP contribution < -0.4 is 5.32 Å². The van der Waals surface area contributed by atoms with Crippen molar-refractivity contribution in [3.63, 3.8) is 0 Å². The zero-order valence-electron chi connectivity index (χ0n) is 11.9. The van der Waals surface area contributed by atoms with Crippen molar-refractivity contribution in [1.82, 2.24) is 5.32 Å². The van der Waals surface area contributed by atoms with Gasteiger partial charge in [0, 0.05) is 26.8 Å². The fourth-order valence-electron chi connectivity index (χ4n) is 1.77. The van der Waals surface area contributed by atoms with Crippen molar-refractivity contribution >= 4 is 34.4 Å². The zero-order valence-corrected chi connectivity index (χ0v) is 14.9. The molecule has 0 aliphatic carbocycles. The molecule has 0 bridgehead atoms. The standard InChI is InChI=1S/C17H20INS/c1-13(2)19-11-14-5-9-17(10-6-14)20-12-15-3-7-16(18)8-4-15/h3-10,13,19H,11-12H2,1-2H3. The van der Waals surface area contributed by atoms with E-state index in [0.29, 0.717) is 6.04 Å². The highest BCUT2D eigenvalue weighted by molar-refractivity contribution is 14.1. The van der Waals surface area contributed by atoms with Gasteiger partial charge >= 0.3 is 0 Å². The minimum atomic E-state index is 0.532. The molecule has 106 valence electrons. The molecule has 0 atom stereocenters. The van der Waals surface area contributed by atoms with Crippen LogP contribution in [0.3, 0.4) is 0 Å². The maximum atomic E-state index is 3.44. The van der Waals surface area contributed by atoms with Crippen LogP contribution in [0.4, 0.5) is 0 Å². The van der Waals surface area contributed by atoms with E-state index in [9.17, 15) is 0 Å². The molecular weight excluding hydrogens is 377 g/mol. The second-order valence-electron chi connectivity index (χ2n) is 5.09. The highest BCUT2D eigenvalue weighted by Crippen LogP contribution is 2.23. The van der Waals surface area contributed by atoms with Crippen LogP contribution in [-0.4, -0.2) is 6.04 Å². The van der Waals surface area contributed by atoms with Gasteiger partial charge in [-0.1, -0.05) is 38.1 Å². The Bertz CT molecular complexity index is 520. The first-order chi connectivity index (χ1) is 9.63. The summed E-state index contributed by atoms with van der Waals surface area (Å²) in [5.41, 5.74) is 2.72. The molecule has 0 unspecified atom stereocenters. The van der Waals surface area contributed by atoms with Crippen LogP contribution in [0, 0.1) is 3.57 Å². The summed E-state index contributed by atoms with van der Waals surface area (Å²) in [6.07, 6.45) is 0. The lowest BCUT2D eigenvalue weighted by molar-refractivity contribution is 0.588. The third-order valence-corrected chi connectivity index (χ3v) is 4.76. The van der Waals surface area contributed by atoms with Gasteiger partial charge in [-0.15, -0.1) is 11.8 Å². The Kier molecular flexibility index (Phi) is 6.39. The summed E-state index contributed by atoms with van der Waals surface area (Å²) in [5.74, 6) is 1.03. The molecule has 0 saturated carbocycles. The van der Waals surface area contributed by atoms with Crippen molar-refractivity contribution in [2.24, 2.45) is 0 Å². The summed E-state index contributed by atoms with van der Waals surface area (Å²) in [5, 5.41) is 3.44. The van der Waals surface area contributed by atoms with Crippen molar-refractivity contribution in [2.45, 2.75) is 37.1 Å². The molecule has 0 amide bonds. The number of rotatable bonds is 6. The summed E-state index contributed by atoms with van der Waals surface area (Å²) in [6.45, 7) is 5.29. The summed E-state index contributed by atoms with van der Waals surface area (Å²) < 4.78 is 1.29. The summed E-state index contributed by atoms with van der Waals surface area (Å²) >= 11 is 4.23. The first kappa shape index (κ1) is 15.9. The molecule has 1 nitrogen and oxygen atoms in total. The predicted octanol–water partition coefficient (Wildman–Crippen LogP) is 5.08. The SMILES string of the molecule is CC(C)NCc1ccc(SCc2ccc(I)cc2)cc1. The van der Waals surface area contributed by atoms with E-state index in [-0.39, 0.29) is 0 Å². The van der Waals surface area contributed by atoms with E-state index in [1.54, 1.807) is 0 Å². The number of hydrogen-bond donors (Lipinski definition) is 1. The topological polar surface area (TPSA) is 12.0 Å². The Morgan fingerprint density at radius 1 is 0.950 bits per heavy atom. The van der Waals surface area contributed by atoms with Gasteiger partial charge < -0.3 is 5.32 Å². The molecule has 20 heavy (non-hydrogen) atoms. The number of nitrogens with one attached hydrogen (secondary N) is 1. The van der Waals surface area contributed by atoms with Gasteiger partial charge in [0.1, 0.15) is 0 Å². The molecule has 0 heterocycles. The largest absolute Gasteiger partial charge is 0.310 e. The van der Waals surface area contributed by atoms with Crippen molar-refractivity contribution in [3.8, 4) is 0 Å². The zero-order chi connectivity index (χ0) is 14.4. The summed E-state index contributed by atoms with van der Waals surface area (Å²) in [6, 6.07) is 18.1. The van der Waals surface area contributed by atoms with E-state index < -0.39 is 0 Å². The van der Waals surface area contributed by atoms with Gasteiger partial charge in [-0.3, -0.25) is 0 Å². The highest BCUT2D eigenvalue weighted by atomic mass is 127. The fourth-order valence-corrected chi connectivity index (χ4v) is 2.99. The quantitative estimate of drug-likeness (QED) is 0.539. The van der Waals surface area contributed by atoms with Crippen molar-refractivity contribution in [3.05, 3.63) is 63.2 Å². The van der Waals surface area contributed by atoms with E-state index in [1.165, 1.54) is 19.6 Å². The second-order valence-corrected chi connectivity index (χ2v) is 7.39. The lowest BCUT2D eigenvalue weighted by atomic mass is 10.2. The number of hydrogen-bond acceptors (Lipinski definition) is 2. The maximum absolute atomic E-state index is 3.44. The van der Waals surface area contributed by atoms with Gasteiger partial charge in [-0.05, 0) is 58.0 Å². The van der Waals surface area contributed by atoms with Crippen LogP contribution in [-0.2, 0) is 12.3 Å². The molecule has 0 radical (unpaired) electrons. The molecule has 2 aromatic carbocycles. The highest BCUT2D eigenvalue weighted by Gasteiger charge is 1.99. The number of thioether (sulfide) groups is 1. The van der Waals surface area contributed by atoms with Crippen molar-refractivity contribution in [1.29, 1.82) is 0 Å². The van der Waals surface area contributed by atoms with E-state index in [4.69, 9.17) is 0 Å². The molecule has 0 saturated heterocycles. The van der Waals surface area contributed by atoms with Gasteiger partial charge in [-0.25, -0.2) is 0 Å². The molecule has 0 aliphatic heterocycles. The average molecular weight is 397 g/mol. The summed E-state index contributed by atoms with van der Waals surface area (Å²) in [4.78, 5) is 1.33. The van der Waals surface area contributed by atoms with Crippen molar-refractivity contribution < 1.29 is 0 Å². The van der Waals surface area contributed by atoms with Crippen LogP contribution in [0.1, 0.15) is 25.0 Å². The fraction of sp³-hybridized carbons (Fsp3) is 0.294. The first-order valence-electron chi connectivity index (χ1n) is 6.83. The predicted molar refractivity (Wildman–Crippen MR) is 97.1 cm³/mol. The molecule has 2 rings (SSSR count). The van der Waals surface area contributed by atoms with Gasteiger partial charge in [-0.2, -0.15) is 0 Å². The van der Waals surface area contributed by atoms with Crippen LogP contribution in [0.5, 0.6) is 0 Å². The third-order valence-electron chi connectivity index (χ3n) is 2.96. The van der Waals surface area contributed by atoms with Gasteiger partial charge in [0.25, 0.3) is 0 Å². The molecule has 3 heteroatoms. The normalized spacial score (nSPS) is 11.0. The molecule has 0 fully saturated rings. The van der Waals surface area contributed by atoms with Crippen molar-refractivity contribution in [2.75, 3.05) is 0 Å². The molecule has 0 aromatic heterocycles. The lowest BCUT2D eigenvalue weighted by Crippen LogP contribution is -2.21. The molecule has 0 spiro atoms. The van der Waals surface area contributed by atoms with E-state index in [1.807, 2.05) is 11.8 Å². The van der Waals surface area contributed by atoms with E-state index >= 15 is 0 Å². The lowest BCUT2D eigenvalue weighted by Gasteiger charge is -2.08. The van der Waals surface area contributed by atoms with Crippen LogP contribution in [0.25, 0.3) is 0 Å². The van der Waals surface area contributed by atoms with Gasteiger partial charge in [0.2, 0.25) is 0 Å². The number of benzene rings is 2. The average Bonchev–Trinajstić information content (AvgIpc) is 2.45. The minimum Gasteiger partial charge on any atom is -0.310 e. The van der Waals surface area contributed by atoms with Crippen LogP contribution >= 0.6 is 34.4 Å². The van der Waals surface area contributed by atoms with E-state index in [2.05, 4.69) is 90.3 Å². The summed E-state index contributed by atoms with van der Waals surface area (Å²) in [7, 11) is 0. The first-order valence-corrected chi connectivity index (χ1v) is 8.89. The molecule has 2 aromatic rings. The van der Waals surface area contributed by atoms with Crippen LogP contribution in [0.15, 0.2) is 53.4 Å². The Labute approximate surface area is 139 Å². The molecular formula is C17H20INS. The number of halogens is 1. The van der Waals surface area contributed by atoms with E-state index in [0.717, 1.165) is 12.3 Å². The smallest absolute Gasteiger partial charge is 0.0232 e. The second kappa shape index (κ2) is 8.05. The van der Waals surface area contributed by atoms with Gasteiger partial charge in [0.15, 0.2) is 0 Å². The van der Waals surface area contributed by atoms with Gasteiger partial charge in [0.05, 0.1) is 0 Å². The maximum Gasteiger partial charge on any atom is 0.0232 e. The Hall–Kier alpha value is -0.520. The Morgan fingerprint density at radius 3 is 2.15 bits per heavy atom. The minimum absolute atomic E-state index is 0.532. The molecule has 0 aliphatic rings. The van der Waals surface area contributed by atoms with Crippen LogP contribution in [0.2, 0.25) is 0 Å².